The van der Waals surface area contributed by atoms with E-state index in [0.29, 0.717) is 12.2 Å². The molecule has 0 atom stereocenters. The van der Waals surface area contributed by atoms with Crippen LogP contribution in [0.25, 0.3) is 0 Å². The highest BCUT2D eigenvalue weighted by atomic mass is 16.3. The van der Waals surface area contributed by atoms with E-state index in [9.17, 15) is 14.7 Å². The van der Waals surface area contributed by atoms with E-state index in [-0.39, 0.29) is 11.1 Å². The highest BCUT2D eigenvalue weighted by Crippen LogP contribution is 2.42. The Morgan fingerprint density at radius 3 is 2.57 bits per heavy atom. The molecule has 2 aromatic carbocycles. The molecule has 1 aliphatic rings. The Hall–Kier alpha value is -3.41. The third kappa shape index (κ3) is 3.99. The second kappa shape index (κ2) is 8.14. The molecule has 0 saturated heterocycles. The molecule has 1 fully saturated rings. The monoisotopic (exact) mass is 403 g/mol. The van der Waals surface area contributed by atoms with Crippen LogP contribution in [0, 0.1) is 6.92 Å². The van der Waals surface area contributed by atoms with Gasteiger partial charge in [-0.05, 0) is 37.5 Å². The zero-order chi connectivity index (χ0) is 21.1. The second-order valence-corrected chi connectivity index (χ2v) is 8.07. The predicted octanol–water partition coefficient (Wildman–Crippen LogP) is 4.02. The zero-order valence-corrected chi connectivity index (χ0v) is 17.0. The summed E-state index contributed by atoms with van der Waals surface area (Å²) >= 11 is 0. The first-order chi connectivity index (χ1) is 14.5. The summed E-state index contributed by atoms with van der Waals surface area (Å²) in [6.45, 7) is 2.57. The van der Waals surface area contributed by atoms with Gasteiger partial charge in [0, 0.05) is 11.1 Å². The summed E-state index contributed by atoms with van der Waals surface area (Å²) < 4.78 is 1.55. The van der Waals surface area contributed by atoms with Gasteiger partial charge in [-0.25, -0.2) is 0 Å². The second-order valence-electron chi connectivity index (χ2n) is 8.07. The molecule has 4 rings (SSSR count). The van der Waals surface area contributed by atoms with Gasteiger partial charge in [0.15, 0.2) is 11.4 Å². The number of anilines is 1. The quantitative estimate of drug-likeness (QED) is 0.674. The number of nitrogens with one attached hydrogen (secondary N) is 1. The van der Waals surface area contributed by atoms with Crippen molar-refractivity contribution in [2.75, 3.05) is 5.32 Å². The number of benzene rings is 2. The van der Waals surface area contributed by atoms with E-state index in [0.717, 1.165) is 25.7 Å². The molecule has 1 aliphatic carbocycles. The van der Waals surface area contributed by atoms with Crippen LogP contribution in [0.5, 0.6) is 5.75 Å². The minimum atomic E-state index is -0.768. The number of carbonyl (C=O) groups excluding carboxylic acids is 1. The molecule has 154 valence electrons. The van der Waals surface area contributed by atoms with Crippen molar-refractivity contribution in [1.82, 2.24) is 9.78 Å². The molecule has 0 radical (unpaired) electrons. The van der Waals surface area contributed by atoms with Crippen molar-refractivity contribution in [2.24, 2.45) is 0 Å². The summed E-state index contributed by atoms with van der Waals surface area (Å²) in [5, 5.41) is 17.2. The summed E-state index contributed by atoms with van der Waals surface area (Å²) in [6, 6.07) is 17.3. The van der Waals surface area contributed by atoms with Crippen molar-refractivity contribution >= 4 is 11.6 Å². The fourth-order valence-electron chi connectivity index (χ4n) is 4.34. The number of aromatic hydroxyl groups is 1. The van der Waals surface area contributed by atoms with Crippen LogP contribution in [0.4, 0.5) is 5.69 Å². The topological polar surface area (TPSA) is 84.2 Å². The number of hydrogen-bond acceptors (Lipinski definition) is 4. The van der Waals surface area contributed by atoms with Crippen LogP contribution in [-0.2, 0) is 12.0 Å². The molecular formula is C24H25N3O3. The Morgan fingerprint density at radius 1 is 1.13 bits per heavy atom. The minimum absolute atomic E-state index is 0.131. The lowest BCUT2D eigenvalue weighted by molar-refractivity contribution is 0.101. The predicted molar refractivity (Wildman–Crippen MR) is 116 cm³/mol. The van der Waals surface area contributed by atoms with Crippen molar-refractivity contribution in [3.8, 4) is 5.75 Å². The normalized spacial score (nSPS) is 15.1. The molecule has 0 spiro atoms. The molecule has 30 heavy (non-hydrogen) atoms. The van der Waals surface area contributed by atoms with Gasteiger partial charge in [0.2, 0.25) is 0 Å². The lowest BCUT2D eigenvalue weighted by Gasteiger charge is -2.30. The average Bonchev–Trinajstić information content (AvgIpc) is 3.21. The molecule has 0 unspecified atom stereocenters. The third-order valence-corrected chi connectivity index (χ3v) is 5.85. The SMILES string of the molecule is Cc1cccc(C2(Cn3cc(O)c(=O)c(C(=O)Nc4ccccc4)n3)CCCC2)c1. The Kier molecular flexibility index (Phi) is 5.40. The summed E-state index contributed by atoms with van der Waals surface area (Å²) in [6.07, 6.45) is 5.55. The third-order valence-electron chi connectivity index (χ3n) is 5.85. The Balaban J connectivity index is 1.67. The van der Waals surface area contributed by atoms with Gasteiger partial charge in [0.25, 0.3) is 11.3 Å². The fraction of sp³-hybridized carbons (Fsp3) is 0.292. The molecule has 1 amide bonds. The van der Waals surface area contributed by atoms with Crippen molar-refractivity contribution in [3.63, 3.8) is 0 Å². The van der Waals surface area contributed by atoms with Crippen LogP contribution in [0.15, 0.2) is 65.6 Å². The summed E-state index contributed by atoms with van der Waals surface area (Å²) in [5.74, 6) is -1.10. The Bertz CT molecular complexity index is 1120. The van der Waals surface area contributed by atoms with Crippen molar-refractivity contribution in [3.05, 3.63) is 87.8 Å². The number of carbonyl (C=O) groups is 1. The van der Waals surface area contributed by atoms with E-state index in [1.165, 1.54) is 17.3 Å². The van der Waals surface area contributed by atoms with E-state index >= 15 is 0 Å². The van der Waals surface area contributed by atoms with E-state index in [4.69, 9.17) is 0 Å². The maximum absolute atomic E-state index is 12.7. The van der Waals surface area contributed by atoms with Gasteiger partial charge in [0.1, 0.15) is 0 Å². The molecule has 0 bridgehead atoms. The van der Waals surface area contributed by atoms with E-state index in [2.05, 4.69) is 41.6 Å². The number of aryl methyl sites for hydroxylation is 1. The number of para-hydroxylation sites is 1. The number of rotatable bonds is 5. The van der Waals surface area contributed by atoms with E-state index in [1.807, 2.05) is 6.07 Å². The first-order valence-corrected chi connectivity index (χ1v) is 10.2. The smallest absolute Gasteiger partial charge is 0.280 e. The molecule has 6 heteroatoms. The summed E-state index contributed by atoms with van der Waals surface area (Å²) in [4.78, 5) is 25.1. The van der Waals surface area contributed by atoms with Gasteiger partial charge in [0.05, 0.1) is 12.7 Å². The van der Waals surface area contributed by atoms with Crippen molar-refractivity contribution in [1.29, 1.82) is 0 Å². The van der Waals surface area contributed by atoms with Gasteiger partial charge < -0.3 is 10.4 Å². The van der Waals surface area contributed by atoms with Gasteiger partial charge in [-0.3, -0.25) is 14.3 Å². The van der Waals surface area contributed by atoms with Crippen molar-refractivity contribution < 1.29 is 9.90 Å². The lowest BCUT2D eigenvalue weighted by atomic mass is 9.78. The molecule has 0 aliphatic heterocycles. The van der Waals surface area contributed by atoms with Crippen LogP contribution < -0.4 is 10.7 Å². The van der Waals surface area contributed by atoms with E-state index < -0.39 is 17.1 Å². The maximum Gasteiger partial charge on any atom is 0.280 e. The lowest BCUT2D eigenvalue weighted by Crippen LogP contribution is -2.32. The number of hydrogen-bond donors (Lipinski definition) is 2. The number of nitrogens with zero attached hydrogens (tertiary/aromatic N) is 2. The van der Waals surface area contributed by atoms with Gasteiger partial charge >= 0.3 is 0 Å². The Labute approximate surface area is 175 Å². The fourth-order valence-corrected chi connectivity index (χ4v) is 4.34. The highest BCUT2D eigenvalue weighted by molar-refractivity contribution is 6.02. The largest absolute Gasteiger partial charge is 0.503 e. The van der Waals surface area contributed by atoms with E-state index in [1.54, 1.807) is 28.9 Å². The van der Waals surface area contributed by atoms with Gasteiger partial charge in [-0.1, -0.05) is 60.9 Å². The van der Waals surface area contributed by atoms with Gasteiger partial charge in [-0.15, -0.1) is 0 Å². The molecule has 1 aromatic heterocycles. The van der Waals surface area contributed by atoms with Crippen LogP contribution >= 0.6 is 0 Å². The summed E-state index contributed by atoms with van der Waals surface area (Å²) in [7, 11) is 0. The first-order valence-electron chi connectivity index (χ1n) is 10.2. The summed E-state index contributed by atoms with van der Waals surface area (Å²) in [5.41, 5.74) is 1.78. The van der Waals surface area contributed by atoms with Gasteiger partial charge in [-0.2, -0.15) is 5.10 Å². The molecule has 3 aromatic rings. The minimum Gasteiger partial charge on any atom is -0.503 e. The van der Waals surface area contributed by atoms with Crippen LogP contribution in [0.3, 0.4) is 0 Å². The van der Waals surface area contributed by atoms with Crippen LogP contribution in [0.2, 0.25) is 0 Å². The maximum atomic E-state index is 12.7. The molecular weight excluding hydrogens is 378 g/mol. The standard InChI is InChI=1S/C24H25N3O3/c1-17-8-7-9-18(14-17)24(12-5-6-13-24)16-27-15-20(28)22(29)21(26-27)23(30)25-19-10-3-2-4-11-19/h2-4,7-11,14-15,28H,5-6,12-13,16H2,1H3,(H,25,30). The molecule has 1 heterocycles. The first kappa shape index (κ1) is 19.9. The van der Waals surface area contributed by atoms with Crippen molar-refractivity contribution in [2.45, 2.75) is 44.6 Å². The average molecular weight is 403 g/mol. The van der Waals surface area contributed by atoms with Crippen LogP contribution in [0.1, 0.15) is 47.3 Å². The molecule has 2 N–H and O–H groups in total. The van der Waals surface area contributed by atoms with Crippen LogP contribution in [-0.4, -0.2) is 20.8 Å². The zero-order valence-electron chi connectivity index (χ0n) is 17.0. The number of amides is 1. The Morgan fingerprint density at radius 2 is 1.87 bits per heavy atom. The molecule has 6 nitrogen and oxygen atoms in total. The highest BCUT2D eigenvalue weighted by Gasteiger charge is 2.36. The molecule has 1 saturated carbocycles. The number of aromatic nitrogens is 2.